The molecule has 4 nitrogen and oxygen atoms in total. The number of halogens is 1. The molecular weight excluding hydrogens is 320 g/mol. The second-order valence-corrected chi connectivity index (χ2v) is 6.14. The molecule has 0 aliphatic carbocycles. The van der Waals surface area contributed by atoms with Gasteiger partial charge in [0, 0.05) is 18.6 Å². The minimum atomic E-state index is -0.332. The molecule has 3 fully saturated rings. The van der Waals surface area contributed by atoms with Gasteiger partial charge in [0.2, 0.25) is 0 Å². The van der Waals surface area contributed by atoms with Gasteiger partial charge in [0.25, 0.3) is 5.69 Å². The SMILES string of the molecule is O=[N+]([O-])c1ccc(CC[N+]23CCC(CC2)CC3)cc1.[Br-]. The summed E-state index contributed by atoms with van der Waals surface area (Å²) in [5, 5.41) is 10.6. The lowest BCUT2D eigenvalue weighted by Gasteiger charge is -2.49. The number of non-ortho nitro benzene ring substituents is 1. The molecule has 2 bridgehead atoms. The molecule has 110 valence electrons. The van der Waals surface area contributed by atoms with Crippen LogP contribution in [0.4, 0.5) is 5.69 Å². The Morgan fingerprint density at radius 1 is 1.10 bits per heavy atom. The van der Waals surface area contributed by atoms with Crippen molar-refractivity contribution in [1.29, 1.82) is 0 Å². The summed E-state index contributed by atoms with van der Waals surface area (Å²) in [5.74, 6) is 0.999. The van der Waals surface area contributed by atoms with E-state index in [1.54, 1.807) is 12.1 Å². The van der Waals surface area contributed by atoms with Crippen LogP contribution in [0.15, 0.2) is 24.3 Å². The van der Waals surface area contributed by atoms with Crippen molar-refractivity contribution in [3.8, 4) is 0 Å². The van der Waals surface area contributed by atoms with Crippen LogP contribution in [-0.4, -0.2) is 35.6 Å². The highest BCUT2D eigenvalue weighted by Crippen LogP contribution is 2.33. The van der Waals surface area contributed by atoms with Crippen molar-refractivity contribution >= 4 is 5.69 Å². The lowest BCUT2D eigenvalue weighted by molar-refractivity contribution is -0.942. The third-order valence-corrected chi connectivity index (χ3v) is 5.06. The standard InChI is InChI=1S/C15H21N2O2.BrH/c18-16(19)15-3-1-13(2-4-15)5-9-17-10-6-14(7-11-17)8-12-17;/h1-4,14H,5-12H2;1H/q+1;/p-1. The molecule has 5 heteroatoms. The molecule has 3 aliphatic rings. The maximum Gasteiger partial charge on any atom is 0.269 e. The van der Waals surface area contributed by atoms with E-state index in [-0.39, 0.29) is 27.6 Å². The topological polar surface area (TPSA) is 43.1 Å². The van der Waals surface area contributed by atoms with E-state index < -0.39 is 0 Å². The molecule has 0 radical (unpaired) electrons. The van der Waals surface area contributed by atoms with Gasteiger partial charge in [0.15, 0.2) is 0 Å². The number of nitro groups is 1. The molecule has 1 aromatic rings. The van der Waals surface area contributed by atoms with Gasteiger partial charge in [-0.05, 0) is 30.7 Å². The Balaban J connectivity index is 0.00000147. The third-order valence-electron chi connectivity index (χ3n) is 5.06. The highest BCUT2D eigenvalue weighted by molar-refractivity contribution is 5.32. The predicted octanol–water partition coefficient (Wildman–Crippen LogP) is -0.228. The summed E-state index contributed by atoms with van der Waals surface area (Å²) >= 11 is 0. The van der Waals surface area contributed by atoms with E-state index in [9.17, 15) is 10.1 Å². The fraction of sp³-hybridized carbons (Fsp3) is 0.600. The maximum absolute atomic E-state index is 10.6. The molecule has 0 saturated carbocycles. The first kappa shape index (κ1) is 15.4. The average molecular weight is 341 g/mol. The van der Waals surface area contributed by atoms with Crippen LogP contribution in [0, 0.1) is 16.0 Å². The smallest absolute Gasteiger partial charge is 0.269 e. The molecule has 20 heavy (non-hydrogen) atoms. The summed E-state index contributed by atoms with van der Waals surface area (Å²) < 4.78 is 1.29. The van der Waals surface area contributed by atoms with Gasteiger partial charge in [-0.3, -0.25) is 10.1 Å². The molecule has 3 heterocycles. The van der Waals surface area contributed by atoms with E-state index in [0.29, 0.717) is 0 Å². The molecule has 0 amide bonds. The van der Waals surface area contributed by atoms with Crippen LogP contribution in [0.5, 0.6) is 0 Å². The Labute approximate surface area is 130 Å². The van der Waals surface area contributed by atoms with Crippen molar-refractivity contribution in [1.82, 2.24) is 0 Å². The van der Waals surface area contributed by atoms with Crippen LogP contribution < -0.4 is 17.0 Å². The first-order valence-corrected chi connectivity index (χ1v) is 7.25. The van der Waals surface area contributed by atoms with E-state index in [0.717, 1.165) is 12.3 Å². The van der Waals surface area contributed by atoms with Gasteiger partial charge in [0.05, 0.1) is 31.1 Å². The number of hydrogen-bond acceptors (Lipinski definition) is 2. The van der Waals surface area contributed by atoms with Crippen LogP contribution >= 0.6 is 0 Å². The molecule has 0 unspecified atom stereocenters. The van der Waals surface area contributed by atoms with Gasteiger partial charge in [-0.25, -0.2) is 0 Å². The third kappa shape index (κ3) is 3.20. The van der Waals surface area contributed by atoms with Gasteiger partial charge in [-0.15, -0.1) is 0 Å². The summed E-state index contributed by atoms with van der Waals surface area (Å²) in [4.78, 5) is 10.3. The van der Waals surface area contributed by atoms with E-state index in [4.69, 9.17) is 0 Å². The highest BCUT2D eigenvalue weighted by Gasteiger charge is 2.38. The van der Waals surface area contributed by atoms with E-state index in [1.165, 1.54) is 55.5 Å². The number of piperidine rings is 3. The normalized spacial score (nSPS) is 27.9. The van der Waals surface area contributed by atoms with E-state index in [1.807, 2.05) is 12.1 Å². The van der Waals surface area contributed by atoms with Crippen LogP contribution in [0.1, 0.15) is 24.8 Å². The van der Waals surface area contributed by atoms with Crippen molar-refractivity contribution < 1.29 is 26.4 Å². The van der Waals surface area contributed by atoms with Crippen molar-refractivity contribution in [2.24, 2.45) is 5.92 Å². The Morgan fingerprint density at radius 3 is 2.15 bits per heavy atom. The van der Waals surface area contributed by atoms with Gasteiger partial charge >= 0.3 is 0 Å². The highest BCUT2D eigenvalue weighted by atomic mass is 79.9. The molecule has 0 atom stereocenters. The molecule has 0 N–H and O–H groups in total. The lowest BCUT2D eigenvalue weighted by atomic mass is 9.85. The molecule has 3 aliphatic heterocycles. The van der Waals surface area contributed by atoms with Crippen LogP contribution in [0.3, 0.4) is 0 Å². The van der Waals surface area contributed by atoms with Crippen LogP contribution in [-0.2, 0) is 6.42 Å². The molecule has 1 aromatic carbocycles. The first-order chi connectivity index (χ1) is 9.17. The van der Waals surface area contributed by atoms with Gasteiger partial charge in [0.1, 0.15) is 0 Å². The number of benzene rings is 1. The number of hydrogen-bond donors (Lipinski definition) is 0. The Hall–Kier alpha value is -0.940. The second-order valence-electron chi connectivity index (χ2n) is 6.14. The summed E-state index contributed by atoms with van der Waals surface area (Å²) in [5.41, 5.74) is 1.42. The number of nitro benzene ring substituents is 1. The van der Waals surface area contributed by atoms with Gasteiger partial charge in [-0.1, -0.05) is 12.1 Å². The maximum atomic E-state index is 10.6. The largest absolute Gasteiger partial charge is 1.00 e. The van der Waals surface area contributed by atoms with Crippen molar-refractivity contribution in [3.63, 3.8) is 0 Å². The van der Waals surface area contributed by atoms with Crippen molar-refractivity contribution in [3.05, 3.63) is 39.9 Å². The summed E-state index contributed by atoms with van der Waals surface area (Å²) in [6, 6.07) is 7.07. The van der Waals surface area contributed by atoms with Gasteiger partial charge in [-0.2, -0.15) is 0 Å². The van der Waals surface area contributed by atoms with Crippen molar-refractivity contribution in [2.75, 3.05) is 26.2 Å². The second kappa shape index (κ2) is 6.22. The average Bonchev–Trinajstić information content (AvgIpc) is 2.48. The van der Waals surface area contributed by atoms with E-state index >= 15 is 0 Å². The fourth-order valence-electron chi connectivity index (χ4n) is 3.62. The molecule has 4 rings (SSSR count). The molecular formula is C15H21BrN2O2. The van der Waals surface area contributed by atoms with Crippen LogP contribution in [0.25, 0.3) is 0 Å². The quantitative estimate of drug-likeness (QED) is 0.432. The fourth-order valence-corrected chi connectivity index (χ4v) is 3.62. The lowest BCUT2D eigenvalue weighted by Crippen LogP contribution is -3.00. The first-order valence-electron chi connectivity index (χ1n) is 7.25. The zero-order valence-corrected chi connectivity index (χ0v) is 13.2. The minimum absolute atomic E-state index is 0. The Morgan fingerprint density at radius 2 is 1.65 bits per heavy atom. The Bertz CT molecular complexity index is 453. The summed E-state index contributed by atoms with van der Waals surface area (Å²) in [6.07, 6.45) is 5.25. The molecule has 0 aromatic heterocycles. The molecule has 0 spiro atoms. The predicted molar refractivity (Wildman–Crippen MR) is 73.9 cm³/mol. The number of quaternary nitrogens is 1. The van der Waals surface area contributed by atoms with E-state index in [2.05, 4.69) is 0 Å². The summed E-state index contributed by atoms with van der Waals surface area (Å²) in [7, 11) is 0. The monoisotopic (exact) mass is 340 g/mol. The van der Waals surface area contributed by atoms with Crippen molar-refractivity contribution in [2.45, 2.75) is 25.7 Å². The zero-order chi connectivity index (χ0) is 13.3. The van der Waals surface area contributed by atoms with Crippen LogP contribution in [0.2, 0.25) is 0 Å². The number of nitrogens with zero attached hydrogens (tertiary/aromatic N) is 2. The minimum Gasteiger partial charge on any atom is -1.00 e. The Kier molecular flexibility index (Phi) is 4.81. The number of rotatable bonds is 4. The van der Waals surface area contributed by atoms with Gasteiger partial charge < -0.3 is 21.5 Å². The number of fused-ring (bicyclic) bond motifs is 3. The zero-order valence-electron chi connectivity index (χ0n) is 11.6. The summed E-state index contributed by atoms with van der Waals surface area (Å²) in [6.45, 7) is 5.23. The molecule has 3 saturated heterocycles.